The minimum Gasteiger partial charge on any atom is -0.493 e. The number of ether oxygens (including phenoxy) is 3. The smallest absolute Gasteiger partial charge is 0.279 e. The molecule has 0 bridgehead atoms. The number of carbonyl (C=O) groups excluding carboxylic acids is 3. The van der Waals surface area contributed by atoms with Crippen molar-refractivity contribution in [2.75, 3.05) is 46.4 Å². The molecule has 3 heterocycles. The number of piperidine rings is 1. The van der Waals surface area contributed by atoms with Gasteiger partial charge in [0.1, 0.15) is 11.5 Å². The van der Waals surface area contributed by atoms with Crippen molar-refractivity contribution in [1.82, 2.24) is 19.2 Å². The first kappa shape index (κ1) is 27.5. The zero-order chi connectivity index (χ0) is 27.4. The average molecular weight is 560 g/mol. The summed E-state index contributed by atoms with van der Waals surface area (Å²) in [7, 11) is 6.15. The molecule has 13 heteroatoms. The third-order valence-corrected chi connectivity index (χ3v) is 8.10. The molecule has 0 saturated carbocycles. The van der Waals surface area contributed by atoms with Crippen molar-refractivity contribution in [3.05, 3.63) is 39.6 Å². The van der Waals surface area contributed by atoms with E-state index in [9.17, 15) is 14.4 Å². The number of anilines is 1. The molecule has 1 aliphatic heterocycles. The molecule has 4 rings (SSSR count). The predicted molar refractivity (Wildman–Crippen MR) is 143 cm³/mol. The standard InChI is InChI=1S/C25H29N5O6S2/c1-14(31)12-19-27-25(38-28-19)29(2)24(33)17-13-37-22(26-17)15-8-10-30(11-9-15)23(32)16-6-7-18(34-3)21(36-5)20(16)35-4/h6-7,13,15H,8-12H2,1-5H3. The van der Waals surface area contributed by atoms with Crippen molar-refractivity contribution < 1.29 is 28.6 Å². The van der Waals surface area contributed by atoms with Crippen LogP contribution in [0, 0.1) is 0 Å². The molecule has 3 aromatic rings. The van der Waals surface area contributed by atoms with Gasteiger partial charge in [0.2, 0.25) is 10.9 Å². The van der Waals surface area contributed by atoms with Crippen LogP contribution in [0.5, 0.6) is 17.2 Å². The summed E-state index contributed by atoms with van der Waals surface area (Å²) in [6, 6.07) is 3.38. The van der Waals surface area contributed by atoms with Crippen molar-refractivity contribution in [2.45, 2.75) is 32.1 Å². The molecule has 0 radical (unpaired) electrons. The lowest BCUT2D eigenvalue weighted by Gasteiger charge is -2.31. The second-order valence-corrected chi connectivity index (χ2v) is 10.4. The lowest BCUT2D eigenvalue weighted by molar-refractivity contribution is -0.116. The van der Waals surface area contributed by atoms with E-state index in [0.717, 1.165) is 29.4 Å². The first-order valence-corrected chi connectivity index (χ1v) is 13.6. The van der Waals surface area contributed by atoms with Crippen LogP contribution < -0.4 is 19.1 Å². The van der Waals surface area contributed by atoms with Gasteiger partial charge in [-0.1, -0.05) is 0 Å². The van der Waals surface area contributed by atoms with Crippen LogP contribution in [0.15, 0.2) is 17.5 Å². The van der Waals surface area contributed by atoms with Crippen molar-refractivity contribution in [2.24, 2.45) is 0 Å². The Labute approximate surface area is 228 Å². The van der Waals surface area contributed by atoms with Crippen LogP contribution >= 0.6 is 22.9 Å². The summed E-state index contributed by atoms with van der Waals surface area (Å²) in [6.07, 6.45) is 1.59. The van der Waals surface area contributed by atoms with Crippen LogP contribution in [0.3, 0.4) is 0 Å². The highest BCUT2D eigenvalue weighted by atomic mass is 32.1. The van der Waals surface area contributed by atoms with Crippen LogP contribution in [-0.2, 0) is 11.2 Å². The molecule has 0 unspecified atom stereocenters. The van der Waals surface area contributed by atoms with Gasteiger partial charge in [-0.05, 0) is 31.9 Å². The Kier molecular flexibility index (Phi) is 8.57. The molecule has 11 nitrogen and oxygen atoms in total. The van der Waals surface area contributed by atoms with Crippen molar-refractivity contribution >= 4 is 45.6 Å². The third kappa shape index (κ3) is 5.63. The molecule has 0 spiro atoms. The minimum atomic E-state index is -0.286. The molecular formula is C25H29N5O6S2. The molecule has 2 amide bonds. The molecule has 0 N–H and O–H groups in total. The Morgan fingerprint density at radius 3 is 2.39 bits per heavy atom. The monoisotopic (exact) mass is 559 g/mol. The number of hydrogen-bond donors (Lipinski definition) is 0. The number of benzene rings is 1. The van der Waals surface area contributed by atoms with Crippen LogP contribution in [0.4, 0.5) is 5.13 Å². The fourth-order valence-corrected chi connectivity index (χ4v) is 5.89. The van der Waals surface area contributed by atoms with Crippen LogP contribution in [-0.4, -0.2) is 78.3 Å². The Bertz CT molecular complexity index is 1330. The topological polar surface area (TPSA) is 124 Å². The molecule has 1 saturated heterocycles. The molecule has 202 valence electrons. The number of methoxy groups -OCH3 is 3. The number of Topliss-reactive ketones (excluding diaryl/α,β-unsaturated/α-hetero) is 1. The van der Waals surface area contributed by atoms with Gasteiger partial charge in [0.05, 0.1) is 38.3 Å². The number of nitrogens with zero attached hydrogens (tertiary/aromatic N) is 5. The molecule has 1 fully saturated rings. The molecule has 0 aliphatic carbocycles. The number of carbonyl (C=O) groups is 3. The summed E-state index contributed by atoms with van der Waals surface area (Å²) in [5, 5.41) is 3.03. The number of rotatable bonds is 9. The van der Waals surface area contributed by atoms with E-state index >= 15 is 0 Å². The van der Waals surface area contributed by atoms with E-state index in [2.05, 4.69) is 14.3 Å². The molecule has 1 aromatic carbocycles. The van der Waals surface area contributed by atoms with Crippen molar-refractivity contribution in [3.63, 3.8) is 0 Å². The SMILES string of the molecule is COc1ccc(C(=O)N2CCC(c3nc(C(=O)N(C)c4nc(CC(C)=O)ns4)cs3)CC2)c(OC)c1OC. The second-order valence-electron chi connectivity index (χ2n) is 8.76. The van der Waals surface area contributed by atoms with Gasteiger partial charge >= 0.3 is 0 Å². The van der Waals surface area contributed by atoms with E-state index in [1.54, 1.807) is 29.5 Å². The highest BCUT2D eigenvalue weighted by molar-refractivity contribution is 7.10. The van der Waals surface area contributed by atoms with Crippen LogP contribution in [0.1, 0.15) is 57.4 Å². The van der Waals surface area contributed by atoms with Crippen molar-refractivity contribution in [3.8, 4) is 17.2 Å². The summed E-state index contributed by atoms with van der Waals surface area (Å²) >= 11 is 2.51. The Hall–Kier alpha value is -3.58. The fraction of sp³-hybridized carbons (Fsp3) is 0.440. The van der Waals surface area contributed by atoms with E-state index in [1.807, 2.05) is 0 Å². The molecular weight excluding hydrogens is 530 g/mol. The van der Waals surface area contributed by atoms with Crippen LogP contribution in [0.2, 0.25) is 0 Å². The Morgan fingerprint density at radius 1 is 1.05 bits per heavy atom. The summed E-state index contributed by atoms with van der Waals surface area (Å²) in [4.78, 5) is 49.7. The molecule has 0 atom stereocenters. The fourth-order valence-electron chi connectivity index (χ4n) is 4.28. The number of likely N-dealkylation sites (tertiary alicyclic amines) is 1. The predicted octanol–water partition coefficient (Wildman–Crippen LogP) is 3.45. The number of thiazole rings is 1. The number of amides is 2. The number of aromatic nitrogens is 3. The lowest BCUT2D eigenvalue weighted by atomic mass is 9.97. The third-order valence-electron chi connectivity index (χ3n) is 6.26. The zero-order valence-corrected chi connectivity index (χ0v) is 23.5. The normalized spacial score (nSPS) is 13.8. The molecule has 2 aromatic heterocycles. The van der Waals surface area contributed by atoms with Gasteiger partial charge in [-0.25, -0.2) is 9.97 Å². The van der Waals surface area contributed by atoms with Gasteiger partial charge in [-0.3, -0.25) is 19.3 Å². The zero-order valence-electron chi connectivity index (χ0n) is 21.8. The van der Waals surface area contributed by atoms with E-state index in [4.69, 9.17) is 14.2 Å². The summed E-state index contributed by atoms with van der Waals surface area (Å²) in [5.41, 5.74) is 0.751. The van der Waals surface area contributed by atoms with Crippen LogP contribution in [0.25, 0.3) is 0 Å². The Balaban J connectivity index is 1.40. The maximum Gasteiger partial charge on any atom is 0.279 e. The summed E-state index contributed by atoms with van der Waals surface area (Å²) < 4.78 is 20.4. The van der Waals surface area contributed by atoms with Crippen molar-refractivity contribution in [1.29, 1.82) is 0 Å². The average Bonchev–Trinajstić information content (AvgIpc) is 3.61. The minimum absolute atomic E-state index is 0.0388. The largest absolute Gasteiger partial charge is 0.493 e. The number of ketones is 1. The van der Waals surface area contributed by atoms with E-state index < -0.39 is 0 Å². The van der Waals surface area contributed by atoms with Gasteiger partial charge in [-0.2, -0.15) is 4.37 Å². The van der Waals surface area contributed by atoms with Gasteiger partial charge in [-0.15, -0.1) is 11.3 Å². The lowest BCUT2D eigenvalue weighted by Crippen LogP contribution is -2.38. The van der Waals surface area contributed by atoms with Gasteiger partial charge in [0, 0.05) is 43.0 Å². The second kappa shape index (κ2) is 11.9. The highest BCUT2D eigenvalue weighted by Gasteiger charge is 2.30. The molecule has 1 aliphatic rings. The maximum atomic E-state index is 13.3. The first-order valence-electron chi connectivity index (χ1n) is 11.9. The highest BCUT2D eigenvalue weighted by Crippen LogP contribution is 2.41. The number of hydrogen-bond acceptors (Lipinski definition) is 11. The quantitative estimate of drug-likeness (QED) is 0.388. The van der Waals surface area contributed by atoms with Gasteiger partial charge < -0.3 is 19.1 Å². The summed E-state index contributed by atoms with van der Waals surface area (Å²) in [6.45, 7) is 2.57. The Morgan fingerprint density at radius 2 is 1.76 bits per heavy atom. The first-order chi connectivity index (χ1) is 18.3. The van der Waals surface area contributed by atoms with E-state index in [1.165, 1.54) is 44.5 Å². The van der Waals surface area contributed by atoms with E-state index in [-0.39, 0.29) is 29.9 Å². The maximum absolute atomic E-state index is 13.3. The van der Waals surface area contributed by atoms with Gasteiger partial charge in [0.15, 0.2) is 17.3 Å². The van der Waals surface area contributed by atoms with E-state index in [0.29, 0.717) is 52.6 Å². The van der Waals surface area contributed by atoms with Gasteiger partial charge in [0.25, 0.3) is 11.8 Å². The summed E-state index contributed by atoms with van der Waals surface area (Å²) in [5.74, 6) is 1.30. The molecule has 38 heavy (non-hydrogen) atoms.